The van der Waals surface area contributed by atoms with Crippen molar-refractivity contribution < 1.29 is 4.74 Å². The fourth-order valence-corrected chi connectivity index (χ4v) is 1.17. The highest BCUT2D eigenvalue weighted by Crippen LogP contribution is 1.91. The molecule has 0 saturated carbocycles. The molecule has 0 fully saturated rings. The molecule has 0 amide bonds. The fraction of sp³-hybridized carbons (Fsp3) is 0.600. The Labute approximate surface area is 84.7 Å². The van der Waals surface area contributed by atoms with E-state index in [2.05, 4.69) is 15.3 Å². The normalized spacial score (nSPS) is 12.7. The highest BCUT2D eigenvalue weighted by atomic mass is 16.5. The van der Waals surface area contributed by atoms with E-state index in [4.69, 9.17) is 4.74 Å². The van der Waals surface area contributed by atoms with Crippen LogP contribution in [-0.2, 0) is 11.3 Å². The number of rotatable bonds is 6. The minimum atomic E-state index is 0.247. The molecule has 1 aromatic rings. The van der Waals surface area contributed by atoms with Crippen LogP contribution in [0.1, 0.15) is 19.5 Å². The molecule has 78 valence electrons. The Kier molecular flexibility index (Phi) is 5.11. The number of nitrogens with zero attached hydrogens (tertiary/aromatic N) is 2. The third kappa shape index (κ3) is 4.30. The molecule has 1 atom stereocenters. The van der Waals surface area contributed by atoms with Crippen molar-refractivity contribution in [3.63, 3.8) is 0 Å². The van der Waals surface area contributed by atoms with E-state index in [-0.39, 0.29) is 6.10 Å². The maximum Gasteiger partial charge on any atom is 0.0724 e. The lowest BCUT2D eigenvalue weighted by Gasteiger charge is -2.11. The summed E-state index contributed by atoms with van der Waals surface area (Å²) in [6, 6.07) is 0. The van der Waals surface area contributed by atoms with Crippen LogP contribution in [0.15, 0.2) is 18.6 Å². The van der Waals surface area contributed by atoms with Crippen LogP contribution in [0.4, 0.5) is 0 Å². The van der Waals surface area contributed by atoms with Crippen molar-refractivity contribution in [2.75, 3.05) is 13.2 Å². The average Bonchev–Trinajstić information content (AvgIpc) is 2.20. The third-order valence-electron chi connectivity index (χ3n) is 1.81. The summed E-state index contributed by atoms with van der Waals surface area (Å²) in [5, 5.41) is 3.26. The molecule has 14 heavy (non-hydrogen) atoms. The first-order valence-electron chi connectivity index (χ1n) is 4.90. The second-order valence-electron chi connectivity index (χ2n) is 3.09. The zero-order chi connectivity index (χ0) is 10.2. The molecular formula is C10H17N3O. The maximum atomic E-state index is 5.38. The summed E-state index contributed by atoms with van der Waals surface area (Å²) in [5.74, 6) is 0. The fourth-order valence-electron chi connectivity index (χ4n) is 1.17. The van der Waals surface area contributed by atoms with Crippen LogP contribution in [0, 0.1) is 0 Å². The average molecular weight is 195 g/mol. The molecule has 4 nitrogen and oxygen atoms in total. The van der Waals surface area contributed by atoms with Gasteiger partial charge in [-0.05, 0) is 13.8 Å². The van der Waals surface area contributed by atoms with Gasteiger partial charge < -0.3 is 10.1 Å². The van der Waals surface area contributed by atoms with Crippen LogP contribution in [0.5, 0.6) is 0 Å². The summed E-state index contributed by atoms with van der Waals surface area (Å²) >= 11 is 0. The second-order valence-corrected chi connectivity index (χ2v) is 3.09. The Morgan fingerprint density at radius 1 is 1.50 bits per heavy atom. The Bertz CT molecular complexity index is 240. The molecule has 1 rings (SSSR count). The first kappa shape index (κ1) is 11.1. The molecule has 0 saturated heterocycles. The lowest BCUT2D eigenvalue weighted by atomic mass is 10.3. The Morgan fingerprint density at radius 2 is 2.36 bits per heavy atom. The number of aromatic nitrogens is 2. The molecule has 1 unspecified atom stereocenters. The summed E-state index contributed by atoms with van der Waals surface area (Å²) in [7, 11) is 0. The molecule has 0 radical (unpaired) electrons. The minimum absolute atomic E-state index is 0.247. The maximum absolute atomic E-state index is 5.38. The molecule has 1 N–H and O–H groups in total. The van der Waals surface area contributed by atoms with Crippen LogP contribution in [0.2, 0.25) is 0 Å². The minimum Gasteiger partial charge on any atom is -0.377 e. The van der Waals surface area contributed by atoms with Crippen LogP contribution in [-0.4, -0.2) is 29.2 Å². The van der Waals surface area contributed by atoms with Gasteiger partial charge in [0.15, 0.2) is 0 Å². The summed E-state index contributed by atoms with van der Waals surface area (Å²) in [4.78, 5) is 8.14. The first-order chi connectivity index (χ1) is 6.83. The SMILES string of the molecule is CCOC(C)CNCc1cnccn1. The van der Waals surface area contributed by atoms with Crippen molar-refractivity contribution >= 4 is 0 Å². The molecule has 0 aliphatic heterocycles. The van der Waals surface area contributed by atoms with E-state index in [9.17, 15) is 0 Å². The van der Waals surface area contributed by atoms with Gasteiger partial charge in [-0.1, -0.05) is 0 Å². The lowest BCUT2D eigenvalue weighted by Crippen LogP contribution is -2.26. The van der Waals surface area contributed by atoms with Gasteiger partial charge in [0.2, 0.25) is 0 Å². The summed E-state index contributed by atoms with van der Waals surface area (Å²) in [6.07, 6.45) is 5.38. The predicted octanol–water partition coefficient (Wildman–Crippen LogP) is 0.991. The van der Waals surface area contributed by atoms with Crippen molar-refractivity contribution in [2.45, 2.75) is 26.5 Å². The molecule has 1 heterocycles. The number of ether oxygens (including phenoxy) is 1. The van der Waals surface area contributed by atoms with Crippen molar-refractivity contribution in [2.24, 2.45) is 0 Å². The Balaban J connectivity index is 2.16. The smallest absolute Gasteiger partial charge is 0.0724 e. The van der Waals surface area contributed by atoms with E-state index in [1.54, 1.807) is 18.6 Å². The molecule has 0 aliphatic rings. The van der Waals surface area contributed by atoms with E-state index in [0.29, 0.717) is 0 Å². The van der Waals surface area contributed by atoms with E-state index >= 15 is 0 Å². The Hall–Kier alpha value is -1.00. The van der Waals surface area contributed by atoms with Gasteiger partial charge in [-0.3, -0.25) is 9.97 Å². The predicted molar refractivity (Wildman–Crippen MR) is 54.8 cm³/mol. The van der Waals surface area contributed by atoms with Gasteiger partial charge >= 0.3 is 0 Å². The van der Waals surface area contributed by atoms with Gasteiger partial charge in [-0.25, -0.2) is 0 Å². The van der Waals surface area contributed by atoms with Crippen LogP contribution in [0.25, 0.3) is 0 Å². The lowest BCUT2D eigenvalue weighted by molar-refractivity contribution is 0.0759. The number of hydrogen-bond donors (Lipinski definition) is 1. The van der Waals surface area contributed by atoms with Gasteiger partial charge in [0, 0.05) is 38.3 Å². The van der Waals surface area contributed by atoms with Gasteiger partial charge in [0.1, 0.15) is 0 Å². The molecule has 0 spiro atoms. The van der Waals surface area contributed by atoms with E-state index < -0.39 is 0 Å². The Morgan fingerprint density at radius 3 is 3.00 bits per heavy atom. The van der Waals surface area contributed by atoms with E-state index in [0.717, 1.165) is 25.4 Å². The summed E-state index contributed by atoms with van der Waals surface area (Å²) < 4.78 is 5.38. The van der Waals surface area contributed by atoms with Crippen molar-refractivity contribution in [3.8, 4) is 0 Å². The monoisotopic (exact) mass is 195 g/mol. The molecule has 1 aromatic heterocycles. The third-order valence-corrected chi connectivity index (χ3v) is 1.81. The van der Waals surface area contributed by atoms with Crippen LogP contribution in [0.3, 0.4) is 0 Å². The van der Waals surface area contributed by atoms with Crippen LogP contribution < -0.4 is 5.32 Å². The first-order valence-corrected chi connectivity index (χ1v) is 4.90. The molecule has 0 aliphatic carbocycles. The van der Waals surface area contributed by atoms with Crippen molar-refractivity contribution in [3.05, 3.63) is 24.3 Å². The van der Waals surface area contributed by atoms with Crippen molar-refractivity contribution in [1.82, 2.24) is 15.3 Å². The zero-order valence-corrected chi connectivity index (χ0v) is 8.73. The van der Waals surface area contributed by atoms with Gasteiger partial charge in [0.25, 0.3) is 0 Å². The summed E-state index contributed by atoms with van der Waals surface area (Å²) in [6.45, 7) is 6.38. The quantitative estimate of drug-likeness (QED) is 0.735. The van der Waals surface area contributed by atoms with E-state index in [1.807, 2.05) is 13.8 Å². The van der Waals surface area contributed by atoms with Gasteiger partial charge in [0.05, 0.1) is 11.8 Å². The number of nitrogens with one attached hydrogen (secondary N) is 1. The van der Waals surface area contributed by atoms with Gasteiger partial charge in [-0.15, -0.1) is 0 Å². The molecular weight excluding hydrogens is 178 g/mol. The van der Waals surface area contributed by atoms with Crippen LogP contribution >= 0.6 is 0 Å². The largest absolute Gasteiger partial charge is 0.377 e. The van der Waals surface area contributed by atoms with E-state index in [1.165, 1.54) is 0 Å². The molecule has 0 aromatic carbocycles. The van der Waals surface area contributed by atoms with Crippen molar-refractivity contribution in [1.29, 1.82) is 0 Å². The van der Waals surface area contributed by atoms with Gasteiger partial charge in [-0.2, -0.15) is 0 Å². The molecule has 4 heteroatoms. The summed E-state index contributed by atoms with van der Waals surface area (Å²) in [5.41, 5.74) is 0.955. The zero-order valence-electron chi connectivity index (χ0n) is 8.73. The second kappa shape index (κ2) is 6.45. The topological polar surface area (TPSA) is 47.0 Å². The highest BCUT2D eigenvalue weighted by molar-refractivity contribution is 4.93. The standard InChI is InChI=1S/C10H17N3O/c1-3-14-9(2)6-12-8-10-7-11-4-5-13-10/h4-5,7,9,12H,3,6,8H2,1-2H3. The number of hydrogen-bond acceptors (Lipinski definition) is 4. The molecule has 0 bridgehead atoms. The highest BCUT2D eigenvalue weighted by Gasteiger charge is 1.99.